The Morgan fingerprint density at radius 1 is 0.269 bits per heavy atom. The first-order valence-electron chi connectivity index (χ1n) is 46.0. The smallest absolute Gasteiger partial charge is 0.462 e. The van der Waals surface area contributed by atoms with Crippen molar-refractivity contribution in [2.24, 2.45) is 11.8 Å². The Morgan fingerprint density at radius 2 is 0.472 bits per heavy atom. The van der Waals surface area contributed by atoms with Crippen molar-refractivity contribution >= 4 is 39.5 Å². The second-order valence-corrected chi connectivity index (χ2v) is 35.6. The lowest BCUT2D eigenvalue weighted by Gasteiger charge is -2.21. The maximum Gasteiger partial charge on any atom is 0.472 e. The largest absolute Gasteiger partial charge is 0.472 e. The van der Waals surface area contributed by atoms with E-state index in [9.17, 15) is 43.2 Å². The van der Waals surface area contributed by atoms with E-state index in [0.29, 0.717) is 25.7 Å². The van der Waals surface area contributed by atoms with Gasteiger partial charge in [-0.15, -0.1) is 0 Å². The summed E-state index contributed by atoms with van der Waals surface area (Å²) in [6.45, 7) is 9.74. The van der Waals surface area contributed by atoms with Gasteiger partial charge in [0.2, 0.25) is 0 Å². The molecule has 0 heterocycles. The van der Waals surface area contributed by atoms with Crippen LogP contribution in [0, 0.1) is 11.8 Å². The topological polar surface area (TPSA) is 237 Å². The van der Waals surface area contributed by atoms with Gasteiger partial charge in [0, 0.05) is 25.7 Å². The van der Waals surface area contributed by atoms with Crippen molar-refractivity contribution in [3.63, 3.8) is 0 Å². The summed E-state index contributed by atoms with van der Waals surface area (Å²) in [4.78, 5) is 73.3. The molecule has 0 amide bonds. The van der Waals surface area contributed by atoms with Crippen LogP contribution >= 0.6 is 15.6 Å². The molecule has 17 nitrogen and oxygen atoms in total. The van der Waals surface area contributed by atoms with Crippen LogP contribution in [0.4, 0.5) is 0 Å². The summed E-state index contributed by atoms with van der Waals surface area (Å²) in [6, 6.07) is 0. The van der Waals surface area contributed by atoms with Crippen molar-refractivity contribution in [1.82, 2.24) is 0 Å². The van der Waals surface area contributed by atoms with Crippen LogP contribution in [0.25, 0.3) is 0 Å². The van der Waals surface area contributed by atoms with Gasteiger partial charge in [-0.25, -0.2) is 9.13 Å². The predicted molar refractivity (Wildman–Crippen MR) is 446 cm³/mol. The molecule has 3 N–H and O–H groups in total. The summed E-state index contributed by atoms with van der Waals surface area (Å²) in [5, 5.41) is 10.7. The van der Waals surface area contributed by atoms with Crippen molar-refractivity contribution in [2.45, 2.75) is 496 Å². The first-order chi connectivity index (χ1) is 52.4. The minimum absolute atomic E-state index is 0.108. The molecule has 0 aromatic heterocycles. The number of esters is 4. The molecule has 0 aliphatic rings. The van der Waals surface area contributed by atoms with Gasteiger partial charge < -0.3 is 33.8 Å². The fourth-order valence-electron chi connectivity index (χ4n) is 13.9. The highest BCUT2D eigenvalue weighted by atomic mass is 31.2. The molecule has 108 heavy (non-hydrogen) atoms. The van der Waals surface area contributed by atoms with Crippen LogP contribution in [-0.4, -0.2) is 96.7 Å². The van der Waals surface area contributed by atoms with Gasteiger partial charge in [0.1, 0.15) is 19.3 Å². The number of phosphoric acid groups is 2. The minimum atomic E-state index is -4.97. The summed E-state index contributed by atoms with van der Waals surface area (Å²) in [5.74, 6) is -0.483. The Morgan fingerprint density at radius 3 is 0.704 bits per heavy atom. The SMILES string of the molecule is CCCCCCCCCCCCCCCCCCCCCC(=O)OC[C@H](COP(=O)(O)OC[C@@H](O)COP(=O)(O)OC[C@@H](COC(=O)CCCCCCCCCCCC(C)C)OC(=O)CCCCCCCCCCCCCCCCC)OC(=O)CCCCCCCCCCCCCCCCCCCCC(C)CC. The van der Waals surface area contributed by atoms with Gasteiger partial charge in [0.25, 0.3) is 0 Å². The third kappa shape index (κ3) is 80.7. The monoisotopic (exact) mass is 1580 g/mol. The van der Waals surface area contributed by atoms with Crippen LogP contribution in [0.3, 0.4) is 0 Å². The highest BCUT2D eigenvalue weighted by Crippen LogP contribution is 2.45. The molecule has 0 fully saturated rings. The summed E-state index contributed by atoms with van der Waals surface area (Å²) in [6.07, 6.45) is 73.6. The number of ether oxygens (including phenoxy) is 4. The maximum absolute atomic E-state index is 13.2. The molecule has 19 heteroatoms. The second-order valence-electron chi connectivity index (χ2n) is 32.7. The molecule has 642 valence electrons. The Labute approximate surface area is 664 Å². The summed E-state index contributed by atoms with van der Waals surface area (Å²) in [7, 11) is -9.93. The number of phosphoric ester groups is 2. The average Bonchev–Trinajstić information content (AvgIpc) is 0.897. The standard InChI is InChI=1S/C89H174O17P2/c1-7-10-12-14-16-18-20-22-24-25-26-30-34-37-41-47-53-59-65-71-86(91)99-77-84(105-89(94)74-68-62-56-49-43-39-35-31-28-27-29-33-36-40-46-52-58-64-70-82(6)9-3)79-103-107(95,96)101-75-83(90)76-102-108(97,98)104-80-85(78-100-87(92)72-66-60-54-50-44-45-51-57-63-69-81(4)5)106-88(93)73-67-61-55-48-42-38-32-23-21-19-17-15-13-11-8-2/h81-85,90H,7-80H2,1-6H3,(H,95,96)(H,97,98)/t82?,83-,84-,85-/m1/s1. The Hall–Kier alpha value is -1.94. The fraction of sp³-hybridized carbons (Fsp3) is 0.955. The zero-order valence-corrected chi connectivity index (χ0v) is 73.0. The van der Waals surface area contributed by atoms with E-state index >= 15 is 0 Å². The van der Waals surface area contributed by atoms with E-state index < -0.39 is 97.5 Å². The van der Waals surface area contributed by atoms with Gasteiger partial charge in [0.15, 0.2) is 12.2 Å². The van der Waals surface area contributed by atoms with Crippen molar-refractivity contribution in [2.75, 3.05) is 39.6 Å². The number of rotatable bonds is 88. The van der Waals surface area contributed by atoms with Gasteiger partial charge in [-0.2, -0.15) is 0 Å². The molecular weight excluding hydrogens is 1400 g/mol. The van der Waals surface area contributed by atoms with Crippen molar-refractivity contribution in [3.8, 4) is 0 Å². The van der Waals surface area contributed by atoms with Gasteiger partial charge in [-0.1, -0.05) is 427 Å². The van der Waals surface area contributed by atoms with Crippen LogP contribution in [0.1, 0.15) is 478 Å². The number of aliphatic hydroxyl groups is 1. The molecule has 3 unspecified atom stereocenters. The fourth-order valence-corrected chi connectivity index (χ4v) is 15.5. The number of unbranched alkanes of at least 4 members (excludes halogenated alkanes) is 57. The van der Waals surface area contributed by atoms with E-state index in [0.717, 1.165) is 102 Å². The number of carbonyl (C=O) groups is 4. The molecule has 6 atom stereocenters. The van der Waals surface area contributed by atoms with Crippen molar-refractivity contribution in [3.05, 3.63) is 0 Å². The van der Waals surface area contributed by atoms with E-state index in [2.05, 4.69) is 41.5 Å². The summed E-state index contributed by atoms with van der Waals surface area (Å²) in [5.41, 5.74) is 0. The number of hydrogen-bond acceptors (Lipinski definition) is 15. The minimum Gasteiger partial charge on any atom is -0.462 e. The average molecular weight is 1580 g/mol. The third-order valence-electron chi connectivity index (χ3n) is 21.3. The van der Waals surface area contributed by atoms with E-state index in [1.54, 1.807) is 0 Å². The van der Waals surface area contributed by atoms with Crippen LogP contribution in [0.5, 0.6) is 0 Å². The first-order valence-corrected chi connectivity index (χ1v) is 49.0. The lowest BCUT2D eigenvalue weighted by Crippen LogP contribution is -2.30. The van der Waals surface area contributed by atoms with Crippen LogP contribution < -0.4 is 0 Å². The van der Waals surface area contributed by atoms with Crippen LogP contribution in [0.15, 0.2) is 0 Å². The Kier molecular flexibility index (Phi) is 78.8. The molecule has 0 spiro atoms. The predicted octanol–water partition coefficient (Wildman–Crippen LogP) is 27.4. The summed E-state index contributed by atoms with van der Waals surface area (Å²) < 4.78 is 69.0. The highest BCUT2D eigenvalue weighted by Gasteiger charge is 2.31. The lowest BCUT2D eigenvalue weighted by molar-refractivity contribution is -0.161. The van der Waals surface area contributed by atoms with Gasteiger partial charge >= 0.3 is 39.5 Å². The highest BCUT2D eigenvalue weighted by molar-refractivity contribution is 7.47. The molecule has 0 aliphatic carbocycles. The number of aliphatic hydroxyl groups excluding tert-OH is 1. The molecule has 0 radical (unpaired) electrons. The molecule has 0 rings (SSSR count). The molecular formula is C89H174O17P2. The zero-order chi connectivity index (χ0) is 79.2. The van der Waals surface area contributed by atoms with Crippen LogP contribution in [0.2, 0.25) is 0 Å². The quantitative estimate of drug-likeness (QED) is 0.0222. The van der Waals surface area contributed by atoms with E-state index in [1.807, 2.05) is 0 Å². The molecule has 0 bridgehead atoms. The molecule has 0 saturated heterocycles. The van der Waals surface area contributed by atoms with E-state index in [1.165, 1.54) is 295 Å². The van der Waals surface area contributed by atoms with Crippen molar-refractivity contribution < 1.29 is 80.2 Å². The van der Waals surface area contributed by atoms with E-state index in [-0.39, 0.29) is 25.7 Å². The van der Waals surface area contributed by atoms with Gasteiger partial charge in [-0.3, -0.25) is 37.3 Å². The normalized spacial score (nSPS) is 14.0. The van der Waals surface area contributed by atoms with Gasteiger partial charge in [-0.05, 0) is 37.5 Å². The van der Waals surface area contributed by atoms with Crippen LogP contribution in [-0.2, 0) is 65.4 Å². The zero-order valence-electron chi connectivity index (χ0n) is 71.2. The number of hydrogen-bond donors (Lipinski definition) is 3. The second kappa shape index (κ2) is 80.3. The van der Waals surface area contributed by atoms with E-state index in [4.69, 9.17) is 37.0 Å². The molecule has 0 aliphatic heterocycles. The Balaban J connectivity index is 5.24. The Bertz CT molecular complexity index is 2070. The third-order valence-corrected chi connectivity index (χ3v) is 23.2. The van der Waals surface area contributed by atoms with Crippen molar-refractivity contribution in [1.29, 1.82) is 0 Å². The van der Waals surface area contributed by atoms with Gasteiger partial charge in [0.05, 0.1) is 26.4 Å². The molecule has 0 aromatic carbocycles. The molecule has 0 saturated carbocycles. The molecule has 0 aromatic rings. The maximum atomic E-state index is 13.2. The summed E-state index contributed by atoms with van der Waals surface area (Å²) >= 11 is 0. The number of carbonyl (C=O) groups excluding carboxylic acids is 4. The first kappa shape index (κ1) is 106. The lowest BCUT2D eigenvalue weighted by atomic mass is 9.99.